The van der Waals surface area contributed by atoms with Crippen molar-refractivity contribution >= 4 is 44.5 Å². The quantitative estimate of drug-likeness (QED) is 0.172. The van der Waals surface area contributed by atoms with Gasteiger partial charge < -0.3 is 25.2 Å². The molecular formula is C32H31N3O8S. The first kappa shape index (κ1) is 30.5. The molecule has 0 unspecified atom stereocenters. The Morgan fingerprint density at radius 1 is 0.955 bits per heavy atom. The number of sulfonamides is 1. The summed E-state index contributed by atoms with van der Waals surface area (Å²) < 4.78 is 39.8. The van der Waals surface area contributed by atoms with Crippen molar-refractivity contribution in [1.82, 2.24) is 10.0 Å². The number of hydrogen-bond acceptors (Lipinski definition) is 7. The molecule has 228 valence electrons. The predicted molar refractivity (Wildman–Crippen MR) is 163 cm³/mol. The Labute approximate surface area is 254 Å². The van der Waals surface area contributed by atoms with E-state index in [1.165, 1.54) is 6.07 Å². The van der Waals surface area contributed by atoms with Crippen LogP contribution in [0.25, 0.3) is 10.8 Å². The van der Waals surface area contributed by atoms with Crippen LogP contribution < -0.4 is 20.1 Å². The molecule has 4 N–H and O–H groups in total. The second kappa shape index (κ2) is 13.6. The van der Waals surface area contributed by atoms with Crippen LogP contribution in [0.5, 0.6) is 5.75 Å². The van der Waals surface area contributed by atoms with Crippen molar-refractivity contribution in [3.8, 4) is 5.75 Å². The SMILES string of the molecule is O=C(NCCC[C@H]1Oc2ccc(C[C@H](NS(=O)(=O)c3cccc4ccccc34)C(=O)O)cc2NC1=O)OCc1ccccc1. The minimum absolute atomic E-state index is 0.0155. The van der Waals surface area contributed by atoms with Crippen molar-refractivity contribution in [1.29, 1.82) is 0 Å². The van der Waals surface area contributed by atoms with Crippen LogP contribution in [0, 0.1) is 0 Å². The number of anilines is 1. The highest BCUT2D eigenvalue weighted by Crippen LogP contribution is 2.32. The fourth-order valence-electron chi connectivity index (χ4n) is 4.86. The highest BCUT2D eigenvalue weighted by atomic mass is 32.2. The number of nitrogens with one attached hydrogen (secondary N) is 3. The van der Waals surface area contributed by atoms with Gasteiger partial charge in [-0.15, -0.1) is 0 Å². The number of fused-ring (bicyclic) bond motifs is 2. The summed E-state index contributed by atoms with van der Waals surface area (Å²) in [7, 11) is -4.18. The number of ether oxygens (including phenoxy) is 2. The predicted octanol–water partition coefficient (Wildman–Crippen LogP) is 4.22. The molecular weight excluding hydrogens is 586 g/mol. The monoisotopic (exact) mass is 617 g/mol. The summed E-state index contributed by atoms with van der Waals surface area (Å²) in [5.41, 5.74) is 1.71. The molecule has 0 radical (unpaired) electrons. The molecule has 12 heteroatoms. The highest BCUT2D eigenvalue weighted by molar-refractivity contribution is 7.89. The maximum atomic E-state index is 13.2. The molecule has 44 heavy (non-hydrogen) atoms. The number of carbonyl (C=O) groups is 3. The van der Waals surface area contributed by atoms with Crippen LogP contribution in [-0.2, 0) is 37.4 Å². The molecule has 2 atom stereocenters. The van der Waals surface area contributed by atoms with E-state index >= 15 is 0 Å². The minimum atomic E-state index is -4.18. The molecule has 1 aliphatic heterocycles. The maximum absolute atomic E-state index is 13.2. The Hall–Kier alpha value is -4.94. The molecule has 0 fully saturated rings. The van der Waals surface area contributed by atoms with Crippen LogP contribution in [0.2, 0.25) is 0 Å². The summed E-state index contributed by atoms with van der Waals surface area (Å²) in [6.07, 6.45) is -0.709. The third-order valence-corrected chi connectivity index (χ3v) is 8.59. The van der Waals surface area contributed by atoms with Gasteiger partial charge in [-0.1, -0.05) is 72.8 Å². The van der Waals surface area contributed by atoms with E-state index < -0.39 is 34.2 Å². The van der Waals surface area contributed by atoms with E-state index in [0.29, 0.717) is 40.6 Å². The van der Waals surface area contributed by atoms with Gasteiger partial charge in [0.2, 0.25) is 10.0 Å². The average Bonchev–Trinajstić information content (AvgIpc) is 3.02. The summed E-state index contributed by atoms with van der Waals surface area (Å²) >= 11 is 0. The number of aliphatic carboxylic acids is 1. The summed E-state index contributed by atoms with van der Waals surface area (Å²) in [6.45, 7) is 0.445. The number of amides is 2. The first-order chi connectivity index (χ1) is 21.2. The molecule has 2 amide bonds. The van der Waals surface area contributed by atoms with Crippen LogP contribution in [0.15, 0.2) is 95.9 Å². The molecule has 1 heterocycles. The zero-order chi connectivity index (χ0) is 31.1. The molecule has 4 aromatic rings. The Kier molecular flexibility index (Phi) is 9.41. The van der Waals surface area contributed by atoms with Gasteiger partial charge in [0.05, 0.1) is 10.6 Å². The second-order valence-corrected chi connectivity index (χ2v) is 11.9. The smallest absolute Gasteiger partial charge is 0.407 e. The van der Waals surface area contributed by atoms with Gasteiger partial charge in [0.25, 0.3) is 5.91 Å². The molecule has 0 saturated heterocycles. The lowest BCUT2D eigenvalue weighted by atomic mass is 10.0. The number of benzene rings is 4. The lowest BCUT2D eigenvalue weighted by molar-refractivity contribution is -0.139. The number of alkyl carbamates (subject to hydrolysis) is 1. The first-order valence-electron chi connectivity index (χ1n) is 14.0. The van der Waals surface area contributed by atoms with Crippen LogP contribution in [0.1, 0.15) is 24.0 Å². The first-order valence-corrected chi connectivity index (χ1v) is 15.5. The normalized spacial score (nSPS) is 15.0. The Bertz CT molecular complexity index is 1770. The van der Waals surface area contributed by atoms with Crippen molar-refractivity contribution in [3.05, 3.63) is 102 Å². The van der Waals surface area contributed by atoms with Gasteiger partial charge in [-0.2, -0.15) is 4.72 Å². The van der Waals surface area contributed by atoms with E-state index in [9.17, 15) is 27.9 Å². The van der Waals surface area contributed by atoms with Gasteiger partial charge in [-0.05, 0) is 54.0 Å². The topological polar surface area (TPSA) is 160 Å². The van der Waals surface area contributed by atoms with E-state index in [0.717, 1.165) is 5.56 Å². The fraction of sp³-hybridized carbons (Fsp3) is 0.219. The molecule has 5 rings (SSSR count). The van der Waals surface area contributed by atoms with Crippen molar-refractivity contribution < 1.29 is 37.4 Å². The molecule has 4 aromatic carbocycles. The third-order valence-electron chi connectivity index (χ3n) is 7.06. The highest BCUT2D eigenvalue weighted by Gasteiger charge is 2.30. The third kappa shape index (κ3) is 7.52. The summed E-state index contributed by atoms with van der Waals surface area (Å²) in [5.74, 6) is -1.33. The van der Waals surface area contributed by atoms with Gasteiger partial charge in [0.15, 0.2) is 6.10 Å². The Morgan fingerprint density at radius 2 is 1.70 bits per heavy atom. The van der Waals surface area contributed by atoms with Gasteiger partial charge in [0, 0.05) is 11.9 Å². The number of carboxylic acid groups (broad SMARTS) is 1. The largest absolute Gasteiger partial charge is 0.480 e. The van der Waals surface area contributed by atoms with Gasteiger partial charge in [-0.3, -0.25) is 9.59 Å². The molecule has 0 aromatic heterocycles. The average molecular weight is 618 g/mol. The van der Waals surface area contributed by atoms with Crippen molar-refractivity contribution in [2.24, 2.45) is 0 Å². The van der Waals surface area contributed by atoms with Crippen LogP contribution in [-0.4, -0.2) is 50.2 Å². The Morgan fingerprint density at radius 3 is 2.50 bits per heavy atom. The van der Waals surface area contributed by atoms with Crippen molar-refractivity contribution in [3.63, 3.8) is 0 Å². The maximum Gasteiger partial charge on any atom is 0.407 e. The zero-order valence-corrected chi connectivity index (χ0v) is 24.4. The van der Waals surface area contributed by atoms with Crippen molar-refractivity contribution in [2.45, 2.75) is 42.9 Å². The van der Waals surface area contributed by atoms with Crippen LogP contribution >= 0.6 is 0 Å². The Balaban J connectivity index is 1.15. The number of carboxylic acids is 1. The lowest BCUT2D eigenvalue weighted by Crippen LogP contribution is -2.42. The molecule has 0 spiro atoms. The molecule has 0 saturated carbocycles. The summed E-state index contributed by atoms with van der Waals surface area (Å²) in [4.78, 5) is 36.7. The van der Waals surface area contributed by atoms with Crippen LogP contribution in [0.4, 0.5) is 10.5 Å². The van der Waals surface area contributed by atoms with E-state index in [1.54, 1.807) is 54.6 Å². The summed E-state index contributed by atoms with van der Waals surface area (Å²) in [5, 5.41) is 16.5. The van der Waals surface area contributed by atoms with E-state index in [4.69, 9.17) is 9.47 Å². The molecule has 11 nitrogen and oxygen atoms in total. The van der Waals surface area contributed by atoms with Crippen LogP contribution in [0.3, 0.4) is 0 Å². The number of carbonyl (C=O) groups excluding carboxylic acids is 2. The van der Waals surface area contributed by atoms with E-state index in [-0.39, 0.29) is 30.4 Å². The number of rotatable bonds is 12. The fourth-order valence-corrected chi connectivity index (χ4v) is 6.28. The summed E-state index contributed by atoms with van der Waals surface area (Å²) in [6, 6.07) is 24.4. The van der Waals surface area contributed by atoms with Gasteiger partial charge >= 0.3 is 12.1 Å². The van der Waals surface area contributed by atoms with E-state index in [1.807, 2.05) is 30.3 Å². The second-order valence-electron chi connectivity index (χ2n) is 10.3. The van der Waals surface area contributed by atoms with E-state index in [2.05, 4.69) is 15.4 Å². The molecule has 0 aliphatic carbocycles. The zero-order valence-electron chi connectivity index (χ0n) is 23.6. The molecule has 1 aliphatic rings. The van der Waals surface area contributed by atoms with Crippen molar-refractivity contribution in [2.75, 3.05) is 11.9 Å². The minimum Gasteiger partial charge on any atom is -0.480 e. The van der Waals surface area contributed by atoms with Gasteiger partial charge in [0.1, 0.15) is 18.4 Å². The standard InChI is InChI=1S/C32H31N3O8S/c36-30-28(13-7-17-33-32(39)42-20-21-8-2-1-3-9-21)43-27-16-15-22(18-25(27)34-30)19-26(31(37)38)35-44(40,41)29-14-6-11-23-10-4-5-12-24(23)29/h1-6,8-12,14-16,18,26,28,35H,7,13,17,19-20H2,(H,33,39)(H,34,36)(H,37,38)/t26-,28+/m0/s1. The van der Waals surface area contributed by atoms with Gasteiger partial charge in [-0.25, -0.2) is 13.2 Å². The molecule has 0 bridgehead atoms. The lowest BCUT2D eigenvalue weighted by Gasteiger charge is -2.26. The number of hydrogen-bond donors (Lipinski definition) is 4.